The van der Waals surface area contributed by atoms with E-state index in [9.17, 15) is 0 Å². The number of nitrogens with one attached hydrogen (secondary N) is 1. The summed E-state index contributed by atoms with van der Waals surface area (Å²) in [5.41, 5.74) is 2.76. The maximum atomic E-state index is 6.12. The van der Waals surface area contributed by atoms with Gasteiger partial charge in [-0.25, -0.2) is 0 Å². The van der Waals surface area contributed by atoms with Crippen LogP contribution in [-0.4, -0.2) is 18.3 Å². The Morgan fingerprint density at radius 2 is 1.82 bits per heavy atom. The third-order valence-electron chi connectivity index (χ3n) is 4.73. The summed E-state index contributed by atoms with van der Waals surface area (Å²) in [5, 5.41) is 3.48. The zero-order valence-electron chi connectivity index (χ0n) is 13.8. The number of anilines is 1. The second-order valence-corrected chi connectivity index (χ2v) is 7.00. The molecule has 1 aromatic carbocycles. The number of allylic oxidation sites excluding steroid dienone is 4. The van der Waals surface area contributed by atoms with Gasteiger partial charge in [0.15, 0.2) is 0 Å². The quantitative estimate of drug-likeness (QED) is 0.864. The highest BCUT2D eigenvalue weighted by molar-refractivity contribution is 6.62. The molecule has 0 radical (unpaired) electrons. The van der Waals surface area contributed by atoms with Crippen molar-refractivity contribution < 1.29 is 9.31 Å². The molecule has 1 aliphatic heterocycles. The molecular formula is C18H24BNO2. The maximum absolute atomic E-state index is 6.12. The minimum Gasteiger partial charge on any atom is -0.399 e. The minimum absolute atomic E-state index is 0.308. The van der Waals surface area contributed by atoms with Crippen LogP contribution in [0.3, 0.4) is 0 Å². The first-order valence-electron chi connectivity index (χ1n) is 7.96. The van der Waals surface area contributed by atoms with Crippen molar-refractivity contribution in [2.24, 2.45) is 0 Å². The van der Waals surface area contributed by atoms with Crippen LogP contribution in [0, 0.1) is 0 Å². The van der Waals surface area contributed by atoms with Crippen LogP contribution >= 0.6 is 0 Å². The summed E-state index contributed by atoms with van der Waals surface area (Å²) in [7, 11) is -0.313. The van der Waals surface area contributed by atoms with Crippen LogP contribution in [0.25, 0.3) is 0 Å². The average Bonchev–Trinajstić information content (AvgIpc) is 2.69. The Bertz CT molecular complexity index is 603. The van der Waals surface area contributed by atoms with Gasteiger partial charge in [-0.1, -0.05) is 24.3 Å². The molecule has 0 aromatic heterocycles. The SMILES string of the molecule is CC1(C)OB(c2cccc(NC3=CC=CCC3)c2)OC1(C)C. The lowest BCUT2D eigenvalue weighted by atomic mass is 9.79. The standard InChI is InChI=1S/C18H24BNO2/c1-17(2)18(3,4)22-19(21-17)14-9-8-12-16(13-14)20-15-10-6-5-7-11-15/h5-6,8-10,12-13,20H,7,11H2,1-4H3. The van der Waals surface area contributed by atoms with Gasteiger partial charge in [0.25, 0.3) is 0 Å². The molecule has 0 amide bonds. The van der Waals surface area contributed by atoms with E-state index < -0.39 is 0 Å². The highest BCUT2D eigenvalue weighted by Crippen LogP contribution is 2.36. The molecule has 0 saturated carbocycles. The van der Waals surface area contributed by atoms with Crippen molar-refractivity contribution in [3.05, 3.63) is 48.2 Å². The largest absolute Gasteiger partial charge is 0.494 e. The fourth-order valence-electron chi connectivity index (χ4n) is 2.63. The Morgan fingerprint density at radius 3 is 2.45 bits per heavy atom. The topological polar surface area (TPSA) is 30.5 Å². The van der Waals surface area contributed by atoms with Gasteiger partial charge in [0.1, 0.15) is 0 Å². The van der Waals surface area contributed by atoms with Crippen LogP contribution in [-0.2, 0) is 9.31 Å². The van der Waals surface area contributed by atoms with Crippen LogP contribution in [0.2, 0.25) is 0 Å². The average molecular weight is 297 g/mol. The summed E-state index contributed by atoms with van der Waals surface area (Å²) in [4.78, 5) is 0. The maximum Gasteiger partial charge on any atom is 0.494 e. The van der Waals surface area contributed by atoms with Crippen LogP contribution < -0.4 is 10.8 Å². The summed E-state index contributed by atoms with van der Waals surface area (Å²) in [6, 6.07) is 8.29. The van der Waals surface area contributed by atoms with Crippen LogP contribution in [0.1, 0.15) is 40.5 Å². The van der Waals surface area contributed by atoms with Gasteiger partial charge in [0, 0.05) is 11.4 Å². The lowest BCUT2D eigenvalue weighted by molar-refractivity contribution is 0.00578. The van der Waals surface area contributed by atoms with Gasteiger partial charge < -0.3 is 14.6 Å². The molecule has 22 heavy (non-hydrogen) atoms. The van der Waals surface area contributed by atoms with E-state index in [1.807, 2.05) is 6.07 Å². The van der Waals surface area contributed by atoms with Gasteiger partial charge in [0.05, 0.1) is 11.2 Å². The molecule has 1 aromatic rings. The molecule has 0 spiro atoms. The highest BCUT2D eigenvalue weighted by atomic mass is 16.7. The molecule has 2 aliphatic rings. The Labute approximate surface area is 133 Å². The van der Waals surface area contributed by atoms with Gasteiger partial charge in [-0.3, -0.25) is 0 Å². The normalized spacial score (nSPS) is 22.5. The molecule has 1 heterocycles. The van der Waals surface area contributed by atoms with Crippen molar-refractivity contribution in [2.45, 2.75) is 51.7 Å². The van der Waals surface area contributed by atoms with E-state index in [-0.39, 0.29) is 18.3 Å². The molecule has 3 nitrogen and oxygen atoms in total. The summed E-state index contributed by atoms with van der Waals surface area (Å²) >= 11 is 0. The molecule has 0 bridgehead atoms. The molecule has 0 unspecified atom stereocenters. The van der Waals surface area contributed by atoms with Crippen molar-refractivity contribution in [2.75, 3.05) is 5.32 Å². The second kappa shape index (κ2) is 5.60. The first-order chi connectivity index (χ1) is 10.4. The third kappa shape index (κ3) is 2.99. The monoisotopic (exact) mass is 297 g/mol. The molecule has 3 rings (SSSR count). The van der Waals surface area contributed by atoms with Crippen molar-refractivity contribution in [3.8, 4) is 0 Å². The smallest absolute Gasteiger partial charge is 0.399 e. The lowest BCUT2D eigenvalue weighted by Crippen LogP contribution is -2.41. The van der Waals surface area contributed by atoms with E-state index in [1.54, 1.807) is 0 Å². The zero-order chi connectivity index (χ0) is 15.8. The van der Waals surface area contributed by atoms with E-state index in [0.29, 0.717) is 0 Å². The molecule has 1 fully saturated rings. The minimum atomic E-state index is -0.313. The van der Waals surface area contributed by atoms with Gasteiger partial charge in [-0.05, 0) is 64.2 Å². The molecular weight excluding hydrogens is 273 g/mol. The number of hydrogen-bond acceptors (Lipinski definition) is 3. The first kappa shape index (κ1) is 15.4. The van der Waals surface area contributed by atoms with Gasteiger partial charge in [-0.15, -0.1) is 0 Å². The van der Waals surface area contributed by atoms with E-state index in [2.05, 4.69) is 69.4 Å². The van der Waals surface area contributed by atoms with Gasteiger partial charge in [-0.2, -0.15) is 0 Å². The molecule has 1 N–H and O–H groups in total. The van der Waals surface area contributed by atoms with Crippen molar-refractivity contribution >= 4 is 18.3 Å². The van der Waals surface area contributed by atoms with Crippen LogP contribution in [0.4, 0.5) is 5.69 Å². The molecule has 116 valence electrons. The van der Waals surface area contributed by atoms with Crippen molar-refractivity contribution in [3.63, 3.8) is 0 Å². The predicted molar refractivity (Wildman–Crippen MR) is 92.2 cm³/mol. The van der Waals surface area contributed by atoms with E-state index in [4.69, 9.17) is 9.31 Å². The fraction of sp³-hybridized carbons (Fsp3) is 0.444. The summed E-state index contributed by atoms with van der Waals surface area (Å²) < 4.78 is 12.2. The van der Waals surface area contributed by atoms with Gasteiger partial charge in [0.2, 0.25) is 0 Å². The zero-order valence-corrected chi connectivity index (χ0v) is 13.8. The molecule has 0 atom stereocenters. The van der Waals surface area contributed by atoms with Gasteiger partial charge >= 0.3 is 7.12 Å². The lowest BCUT2D eigenvalue weighted by Gasteiger charge is -2.32. The molecule has 1 aliphatic carbocycles. The van der Waals surface area contributed by atoms with E-state index in [1.165, 1.54) is 5.70 Å². The van der Waals surface area contributed by atoms with Crippen molar-refractivity contribution in [1.29, 1.82) is 0 Å². The summed E-state index contributed by atoms with van der Waals surface area (Å²) in [5.74, 6) is 0. The van der Waals surface area contributed by atoms with Crippen molar-refractivity contribution in [1.82, 2.24) is 0 Å². The molecule has 4 heteroatoms. The Balaban J connectivity index is 1.77. The number of benzene rings is 1. The van der Waals surface area contributed by atoms with Crippen LogP contribution in [0.5, 0.6) is 0 Å². The summed E-state index contributed by atoms with van der Waals surface area (Å²) in [6.45, 7) is 8.31. The van der Waals surface area contributed by atoms with E-state index >= 15 is 0 Å². The fourth-order valence-corrected chi connectivity index (χ4v) is 2.63. The predicted octanol–water partition coefficient (Wildman–Crippen LogP) is 3.63. The third-order valence-corrected chi connectivity index (χ3v) is 4.73. The van der Waals surface area contributed by atoms with E-state index in [0.717, 1.165) is 24.0 Å². The Hall–Kier alpha value is -1.52. The first-order valence-corrected chi connectivity index (χ1v) is 7.96. The van der Waals surface area contributed by atoms with Crippen LogP contribution in [0.15, 0.2) is 48.2 Å². The number of rotatable bonds is 3. The summed E-state index contributed by atoms with van der Waals surface area (Å²) in [6.07, 6.45) is 8.56. The Kier molecular flexibility index (Phi) is 3.91. The molecule has 1 saturated heterocycles. The number of hydrogen-bond donors (Lipinski definition) is 1. The second-order valence-electron chi connectivity index (χ2n) is 7.00. The Morgan fingerprint density at radius 1 is 1.09 bits per heavy atom. The highest BCUT2D eigenvalue weighted by Gasteiger charge is 2.51.